The van der Waals surface area contributed by atoms with Gasteiger partial charge in [-0.05, 0) is 38.4 Å². The van der Waals surface area contributed by atoms with E-state index in [0.717, 1.165) is 6.42 Å². The SMILES string of the molecule is CC(C)C1C(=O)NC(C)(C)C(=O)N1CC1CCCCS1. The molecule has 0 aromatic heterocycles. The molecule has 2 heterocycles. The topological polar surface area (TPSA) is 49.4 Å². The van der Waals surface area contributed by atoms with Gasteiger partial charge in [-0.2, -0.15) is 11.8 Å². The van der Waals surface area contributed by atoms with Crippen molar-refractivity contribution < 1.29 is 9.59 Å². The summed E-state index contributed by atoms with van der Waals surface area (Å²) in [5.41, 5.74) is -0.776. The maximum absolute atomic E-state index is 12.7. The van der Waals surface area contributed by atoms with E-state index in [2.05, 4.69) is 5.32 Å². The molecule has 2 amide bonds. The van der Waals surface area contributed by atoms with Crippen molar-refractivity contribution in [2.75, 3.05) is 12.3 Å². The van der Waals surface area contributed by atoms with Gasteiger partial charge in [0.05, 0.1) is 0 Å². The molecule has 2 aliphatic rings. The average Bonchev–Trinajstić information content (AvgIpc) is 2.36. The smallest absolute Gasteiger partial charge is 0.248 e. The molecule has 114 valence electrons. The third-order valence-electron chi connectivity index (χ3n) is 4.14. The van der Waals surface area contributed by atoms with Crippen molar-refractivity contribution in [1.82, 2.24) is 10.2 Å². The highest BCUT2D eigenvalue weighted by atomic mass is 32.2. The number of thioether (sulfide) groups is 1. The second-order valence-corrected chi connectivity index (χ2v) is 8.16. The second-order valence-electron chi connectivity index (χ2n) is 6.75. The van der Waals surface area contributed by atoms with Crippen LogP contribution in [-0.4, -0.2) is 45.8 Å². The van der Waals surface area contributed by atoms with Crippen molar-refractivity contribution in [3.8, 4) is 0 Å². The molecule has 2 unspecified atom stereocenters. The molecule has 2 fully saturated rings. The van der Waals surface area contributed by atoms with Gasteiger partial charge >= 0.3 is 0 Å². The normalized spacial score (nSPS) is 30.6. The number of piperazine rings is 1. The fourth-order valence-corrected chi connectivity index (χ4v) is 4.40. The van der Waals surface area contributed by atoms with E-state index in [1.54, 1.807) is 13.8 Å². The molecule has 0 aliphatic carbocycles. The molecule has 20 heavy (non-hydrogen) atoms. The maximum atomic E-state index is 12.7. The van der Waals surface area contributed by atoms with Gasteiger partial charge in [0.1, 0.15) is 11.6 Å². The van der Waals surface area contributed by atoms with E-state index in [9.17, 15) is 9.59 Å². The van der Waals surface area contributed by atoms with Crippen LogP contribution in [0.25, 0.3) is 0 Å². The van der Waals surface area contributed by atoms with Gasteiger partial charge in [-0.1, -0.05) is 20.3 Å². The van der Waals surface area contributed by atoms with E-state index in [1.807, 2.05) is 30.5 Å². The first-order valence-electron chi connectivity index (χ1n) is 7.57. The lowest BCUT2D eigenvalue weighted by molar-refractivity contribution is -0.155. The lowest BCUT2D eigenvalue weighted by Gasteiger charge is -2.45. The van der Waals surface area contributed by atoms with Crippen molar-refractivity contribution >= 4 is 23.6 Å². The molecule has 0 aromatic carbocycles. The largest absolute Gasteiger partial charge is 0.340 e. The van der Waals surface area contributed by atoms with E-state index in [1.165, 1.54) is 18.6 Å². The van der Waals surface area contributed by atoms with Crippen molar-refractivity contribution in [1.29, 1.82) is 0 Å². The zero-order chi connectivity index (χ0) is 14.9. The fourth-order valence-electron chi connectivity index (χ4n) is 3.09. The first-order valence-corrected chi connectivity index (χ1v) is 8.62. The zero-order valence-electron chi connectivity index (χ0n) is 12.9. The molecule has 0 radical (unpaired) electrons. The van der Waals surface area contributed by atoms with Crippen LogP contribution < -0.4 is 5.32 Å². The molecule has 0 spiro atoms. The predicted molar refractivity (Wildman–Crippen MR) is 82.7 cm³/mol. The van der Waals surface area contributed by atoms with Gasteiger partial charge in [0, 0.05) is 11.8 Å². The van der Waals surface area contributed by atoms with Gasteiger partial charge in [-0.15, -0.1) is 0 Å². The number of carbonyl (C=O) groups is 2. The molecule has 0 saturated carbocycles. The van der Waals surface area contributed by atoms with Crippen LogP contribution in [0, 0.1) is 5.92 Å². The first kappa shape index (κ1) is 15.7. The molecular weight excluding hydrogens is 272 g/mol. The molecule has 1 N–H and O–H groups in total. The minimum absolute atomic E-state index is 0.00888. The standard InChI is InChI=1S/C15H26N2O2S/c1-10(2)12-13(18)16-15(3,4)14(19)17(12)9-11-7-5-6-8-20-11/h10-12H,5-9H2,1-4H3,(H,16,18). The van der Waals surface area contributed by atoms with E-state index in [4.69, 9.17) is 0 Å². The Morgan fingerprint density at radius 2 is 2.05 bits per heavy atom. The summed E-state index contributed by atoms with van der Waals surface area (Å²) in [5, 5.41) is 3.35. The second kappa shape index (κ2) is 5.96. The van der Waals surface area contributed by atoms with Gasteiger partial charge in [0.2, 0.25) is 11.8 Å². The summed E-state index contributed by atoms with van der Waals surface area (Å²) < 4.78 is 0. The molecule has 0 bridgehead atoms. The Labute approximate surface area is 126 Å². The summed E-state index contributed by atoms with van der Waals surface area (Å²) >= 11 is 1.95. The number of amides is 2. The Balaban J connectivity index is 2.18. The Hall–Kier alpha value is -0.710. The van der Waals surface area contributed by atoms with Crippen molar-refractivity contribution in [2.24, 2.45) is 5.92 Å². The lowest BCUT2D eigenvalue weighted by atomic mass is 9.91. The zero-order valence-corrected chi connectivity index (χ0v) is 13.8. The van der Waals surface area contributed by atoms with Crippen molar-refractivity contribution in [2.45, 2.75) is 63.8 Å². The Kier molecular flexibility index (Phi) is 4.67. The molecule has 4 nitrogen and oxygen atoms in total. The molecule has 0 aromatic rings. The highest BCUT2D eigenvalue weighted by Crippen LogP contribution is 2.29. The molecule has 2 atom stereocenters. The number of hydrogen-bond donors (Lipinski definition) is 1. The summed E-state index contributed by atoms with van der Waals surface area (Å²) in [4.78, 5) is 26.9. The van der Waals surface area contributed by atoms with Gasteiger partial charge in [0.25, 0.3) is 0 Å². The van der Waals surface area contributed by atoms with Gasteiger partial charge in [0.15, 0.2) is 0 Å². The van der Waals surface area contributed by atoms with Gasteiger partial charge in [-0.25, -0.2) is 0 Å². The Bertz CT molecular complexity index is 389. The number of hydrogen-bond acceptors (Lipinski definition) is 3. The lowest BCUT2D eigenvalue weighted by Crippen LogP contribution is -2.69. The third kappa shape index (κ3) is 3.13. The molecular formula is C15H26N2O2S. The third-order valence-corrected chi connectivity index (χ3v) is 5.52. The van der Waals surface area contributed by atoms with Crippen molar-refractivity contribution in [3.63, 3.8) is 0 Å². The quantitative estimate of drug-likeness (QED) is 0.867. The summed E-state index contributed by atoms with van der Waals surface area (Å²) in [6, 6.07) is -0.321. The Morgan fingerprint density at radius 3 is 2.60 bits per heavy atom. The van der Waals surface area contributed by atoms with E-state index in [0.29, 0.717) is 11.8 Å². The minimum Gasteiger partial charge on any atom is -0.340 e. The average molecular weight is 298 g/mol. The monoisotopic (exact) mass is 298 g/mol. The van der Waals surface area contributed by atoms with Crippen LogP contribution in [0.4, 0.5) is 0 Å². The van der Waals surface area contributed by atoms with Crippen LogP contribution in [0.1, 0.15) is 47.0 Å². The van der Waals surface area contributed by atoms with E-state index < -0.39 is 5.54 Å². The number of rotatable bonds is 3. The minimum atomic E-state index is -0.776. The van der Waals surface area contributed by atoms with Crippen LogP contribution in [0.3, 0.4) is 0 Å². The fraction of sp³-hybridized carbons (Fsp3) is 0.867. The number of nitrogens with zero attached hydrogens (tertiary/aromatic N) is 1. The van der Waals surface area contributed by atoms with Crippen molar-refractivity contribution in [3.05, 3.63) is 0 Å². The summed E-state index contributed by atoms with van der Waals surface area (Å²) in [5.74, 6) is 1.37. The molecule has 5 heteroatoms. The van der Waals surface area contributed by atoms with Crippen LogP contribution in [0.2, 0.25) is 0 Å². The highest BCUT2D eigenvalue weighted by molar-refractivity contribution is 7.99. The maximum Gasteiger partial charge on any atom is 0.248 e. The molecule has 2 rings (SSSR count). The van der Waals surface area contributed by atoms with Gasteiger partial charge < -0.3 is 10.2 Å². The summed E-state index contributed by atoms with van der Waals surface area (Å²) in [7, 11) is 0. The Morgan fingerprint density at radius 1 is 1.35 bits per heavy atom. The summed E-state index contributed by atoms with van der Waals surface area (Å²) in [6.07, 6.45) is 3.66. The van der Waals surface area contributed by atoms with Crippen LogP contribution in [0.15, 0.2) is 0 Å². The summed E-state index contributed by atoms with van der Waals surface area (Å²) in [6.45, 7) is 8.33. The van der Waals surface area contributed by atoms with Crippen LogP contribution >= 0.6 is 11.8 Å². The van der Waals surface area contributed by atoms with Crippen LogP contribution in [-0.2, 0) is 9.59 Å². The number of nitrogens with one attached hydrogen (secondary N) is 1. The predicted octanol–water partition coefficient (Wildman–Crippen LogP) is 2.03. The first-order chi connectivity index (χ1) is 9.33. The van der Waals surface area contributed by atoms with Gasteiger partial charge in [-0.3, -0.25) is 9.59 Å². The molecule has 2 aliphatic heterocycles. The van der Waals surface area contributed by atoms with Crippen LogP contribution in [0.5, 0.6) is 0 Å². The van der Waals surface area contributed by atoms with E-state index in [-0.39, 0.29) is 23.8 Å². The number of carbonyl (C=O) groups excluding carboxylic acids is 2. The van der Waals surface area contributed by atoms with E-state index >= 15 is 0 Å². The highest BCUT2D eigenvalue weighted by Gasteiger charge is 2.46. The molecule has 2 saturated heterocycles.